The molecule has 140 valence electrons. The molecule has 1 aliphatic heterocycles. The van der Waals surface area contributed by atoms with Crippen LogP contribution in [0.15, 0.2) is 48.7 Å². The maximum atomic E-state index is 14.4. The average molecular weight is 378 g/mol. The highest BCUT2D eigenvalue weighted by Gasteiger charge is 2.18. The molecular formula is C20H15FN4O3. The minimum absolute atomic E-state index is 0.111. The number of hydrogen-bond donors (Lipinski definition) is 2. The maximum Gasteiger partial charge on any atom is 0.272 e. The van der Waals surface area contributed by atoms with Gasteiger partial charge in [-0.15, -0.1) is 0 Å². The third-order valence-electron chi connectivity index (χ3n) is 4.73. The first-order valence-electron chi connectivity index (χ1n) is 8.55. The van der Waals surface area contributed by atoms with Gasteiger partial charge in [-0.3, -0.25) is 14.9 Å². The van der Waals surface area contributed by atoms with Gasteiger partial charge in [0.1, 0.15) is 11.6 Å². The Labute approximate surface area is 159 Å². The number of carbonyl (C=O) groups excluding carboxylic acids is 1. The molecule has 7 nitrogen and oxygen atoms in total. The van der Waals surface area contributed by atoms with Crippen molar-refractivity contribution in [2.45, 2.75) is 6.42 Å². The van der Waals surface area contributed by atoms with E-state index >= 15 is 0 Å². The van der Waals surface area contributed by atoms with Crippen LogP contribution in [0.3, 0.4) is 0 Å². The van der Waals surface area contributed by atoms with E-state index in [-0.39, 0.29) is 23.0 Å². The predicted molar refractivity (Wildman–Crippen MR) is 102 cm³/mol. The second kappa shape index (κ2) is 6.73. The van der Waals surface area contributed by atoms with E-state index in [0.29, 0.717) is 29.7 Å². The number of rotatable bonds is 3. The van der Waals surface area contributed by atoms with Crippen LogP contribution < -0.4 is 11.1 Å². The van der Waals surface area contributed by atoms with Crippen molar-refractivity contribution in [1.82, 2.24) is 10.3 Å². The molecule has 1 amide bonds. The second-order valence-electron chi connectivity index (χ2n) is 6.46. The van der Waals surface area contributed by atoms with Gasteiger partial charge in [0.2, 0.25) is 0 Å². The molecule has 8 heteroatoms. The van der Waals surface area contributed by atoms with Crippen molar-refractivity contribution in [2.24, 2.45) is 0 Å². The van der Waals surface area contributed by atoms with Crippen molar-refractivity contribution in [3.8, 4) is 22.3 Å². The lowest BCUT2D eigenvalue weighted by Gasteiger charge is -2.18. The summed E-state index contributed by atoms with van der Waals surface area (Å²) in [4.78, 5) is 26.2. The van der Waals surface area contributed by atoms with Gasteiger partial charge in [0.15, 0.2) is 0 Å². The van der Waals surface area contributed by atoms with Gasteiger partial charge >= 0.3 is 0 Å². The standard InChI is InChI=1S/C20H15FN4O3/c21-18-9-14(25(27)28)2-4-15(18)13-8-17(19(22)24-10-13)11-1-3-16-12(7-11)5-6-23-20(16)26/h1-4,7-10H,5-6H2,(H2,22,24)(H,23,26). The van der Waals surface area contributed by atoms with Crippen molar-refractivity contribution in [3.05, 3.63) is 75.7 Å². The summed E-state index contributed by atoms with van der Waals surface area (Å²) in [6, 6.07) is 10.6. The minimum atomic E-state index is -0.714. The van der Waals surface area contributed by atoms with Crippen LogP contribution in [0.4, 0.5) is 15.9 Å². The SMILES string of the molecule is Nc1ncc(-c2ccc([N+](=O)[O-])cc2F)cc1-c1ccc2c(c1)CCNC2=O. The van der Waals surface area contributed by atoms with E-state index in [0.717, 1.165) is 17.2 Å². The van der Waals surface area contributed by atoms with Crippen LogP contribution in [0.2, 0.25) is 0 Å². The molecule has 2 heterocycles. The Morgan fingerprint density at radius 3 is 2.61 bits per heavy atom. The second-order valence-corrected chi connectivity index (χ2v) is 6.46. The zero-order chi connectivity index (χ0) is 19.8. The number of nitrogens with one attached hydrogen (secondary N) is 1. The molecule has 0 aliphatic carbocycles. The number of benzene rings is 2. The predicted octanol–water partition coefficient (Wildman–Crippen LogP) is 3.33. The van der Waals surface area contributed by atoms with E-state index in [4.69, 9.17) is 5.73 Å². The van der Waals surface area contributed by atoms with Crippen LogP contribution >= 0.6 is 0 Å². The number of fused-ring (bicyclic) bond motifs is 1. The lowest BCUT2D eigenvalue weighted by molar-refractivity contribution is -0.385. The highest BCUT2D eigenvalue weighted by atomic mass is 19.1. The van der Waals surface area contributed by atoms with Crippen molar-refractivity contribution >= 4 is 17.4 Å². The number of nitro benzene ring substituents is 1. The van der Waals surface area contributed by atoms with Crippen molar-refractivity contribution in [3.63, 3.8) is 0 Å². The number of non-ortho nitro benzene ring substituents is 1. The normalized spacial score (nSPS) is 13.0. The van der Waals surface area contributed by atoms with Crippen molar-refractivity contribution < 1.29 is 14.1 Å². The lowest BCUT2D eigenvalue weighted by atomic mass is 9.94. The van der Waals surface area contributed by atoms with E-state index in [1.807, 2.05) is 6.07 Å². The van der Waals surface area contributed by atoms with E-state index in [2.05, 4.69) is 10.3 Å². The number of aromatic nitrogens is 1. The number of nitro groups is 1. The summed E-state index contributed by atoms with van der Waals surface area (Å²) in [5.41, 5.74) is 9.25. The lowest BCUT2D eigenvalue weighted by Crippen LogP contribution is -2.31. The van der Waals surface area contributed by atoms with Crippen molar-refractivity contribution in [2.75, 3.05) is 12.3 Å². The highest BCUT2D eigenvalue weighted by molar-refractivity contribution is 5.97. The summed E-state index contributed by atoms with van der Waals surface area (Å²) in [7, 11) is 0. The van der Waals surface area contributed by atoms with Gasteiger partial charge in [-0.25, -0.2) is 9.37 Å². The number of hydrogen-bond acceptors (Lipinski definition) is 5. The highest BCUT2D eigenvalue weighted by Crippen LogP contribution is 2.33. The van der Waals surface area contributed by atoms with E-state index in [1.165, 1.54) is 18.3 Å². The quantitative estimate of drug-likeness (QED) is 0.536. The molecule has 3 aromatic rings. The Morgan fingerprint density at radius 1 is 1.07 bits per heavy atom. The average Bonchev–Trinajstić information content (AvgIpc) is 2.68. The molecular weight excluding hydrogens is 363 g/mol. The summed E-state index contributed by atoms with van der Waals surface area (Å²) in [5.74, 6) is -0.555. The van der Waals surface area contributed by atoms with Crippen LogP contribution in [-0.2, 0) is 6.42 Å². The van der Waals surface area contributed by atoms with Gasteiger partial charge in [0.05, 0.1) is 11.0 Å². The molecule has 0 saturated carbocycles. The van der Waals surface area contributed by atoms with E-state index in [1.54, 1.807) is 18.2 Å². The minimum Gasteiger partial charge on any atom is -0.383 e. The molecule has 4 rings (SSSR count). The van der Waals surface area contributed by atoms with Crippen LogP contribution in [0.1, 0.15) is 15.9 Å². The first-order valence-corrected chi connectivity index (χ1v) is 8.55. The topological polar surface area (TPSA) is 111 Å². The Bertz CT molecular complexity index is 1130. The number of amides is 1. The number of nitrogens with two attached hydrogens (primary N) is 1. The number of nitrogens with zero attached hydrogens (tertiary/aromatic N) is 2. The van der Waals surface area contributed by atoms with Gasteiger partial charge in [-0.1, -0.05) is 12.1 Å². The molecule has 1 aliphatic rings. The van der Waals surface area contributed by atoms with E-state index < -0.39 is 10.7 Å². The molecule has 2 aromatic carbocycles. The van der Waals surface area contributed by atoms with Crippen LogP contribution in [0, 0.1) is 15.9 Å². The number of carbonyl (C=O) groups is 1. The van der Waals surface area contributed by atoms with Gasteiger partial charge in [0.25, 0.3) is 11.6 Å². The first-order chi connectivity index (χ1) is 13.4. The molecule has 3 N–H and O–H groups in total. The number of anilines is 1. The summed E-state index contributed by atoms with van der Waals surface area (Å²) < 4.78 is 14.4. The Balaban J connectivity index is 1.78. The largest absolute Gasteiger partial charge is 0.383 e. The smallest absolute Gasteiger partial charge is 0.272 e. The van der Waals surface area contributed by atoms with Crippen LogP contribution in [0.5, 0.6) is 0 Å². The molecule has 0 fully saturated rings. The van der Waals surface area contributed by atoms with Gasteiger partial charge < -0.3 is 11.1 Å². The van der Waals surface area contributed by atoms with Crippen molar-refractivity contribution in [1.29, 1.82) is 0 Å². The third kappa shape index (κ3) is 3.05. The number of pyridine rings is 1. The summed E-state index contributed by atoms with van der Waals surface area (Å²) in [6.07, 6.45) is 2.13. The summed E-state index contributed by atoms with van der Waals surface area (Å²) in [5, 5.41) is 13.6. The van der Waals surface area contributed by atoms with Gasteiger partial charge in [-0.05, 0) is 35.7 Å². The van der Waals surface area contributed by atoms with Gasteiger partial charge in [-0.2, -0.15) is 0 Å². The first kappa shape index (κ1) is 17.6. The van der Waals surface area contributed by atoms with Crippen LogP contribution in [0.25, 0.3) is 22.3 Å². The fraction of sp³-hybridized carbons (Fsp3) is 0.100. The third-order valence-corrected chi connectivity index (χ3v) is 4.73. The number of halogens is 1. The molecule has 0 spiro atoms. The molecule has 0 atom stereocenters. The molecule has 0 bridgehead atoms. The maximum absolute atomic E-state index is 14.4. The molecule has 0 saturated heterocycles. The Morgan fingerprint density at radius 2 is 1.86 bits per heavy atom. The Hall–Kier alpha value is -3.81. The molecule has 28 heavy (non-hydrogen) atoms. The summed E-state index contributed by atoms with van der Waals surface area (Å²) >= 11 is 0. The fourth-order valence-electron chi connectivity index (χ4n) is 3.30. The number of nitrogen functional groups attached to an aromatic ring is 1. The van der Waals surface area contributed by atoms with Gasteiger partial charge in [0, 0.05) is 41.1 Å². The van der Waals surface area contributed by atoms with E-state index in [9.17, 15) is 19.3 Å². The van der Waals surface area contributed by atoms with Crippen LogP contribution in [-0.4, -0.2) is 22.4 Å². The zero-order valence-electron chi connectivity index (χ0n) is 14.6. The zero-order valence-corrected chi connectivity index (χ0v) is 14.6. The summed E-state index contributed by atoms with van der Waals surface area (Å²) in [6.45, 7) is 0.567. The monoisotopic (exact) mass is 378 g/mol. The molecule has 1 aromatic heterocycles. The Kier molecular flexibility index (Phi) is 4.23. The molecule has 0 radical (unpaired) electrons. The molecule has 0 unspecified atom stereocenters. The fourth-order valence-corrected chi connectivity index (χ4v) is 3.30.